The molecular weight excluding hydrogens is 208 g/mol. The van der Waals surface area contributed by atoms with Crippen molar-refractivity contribution in [3.05, 3.63) is 23.2 Å². The Bertz CT molecular complexity index is 342. The van der Waals surface area contributed by atoms with Gasteiger partial charge in [0.25, 0.3) is 0 Å². The number of hydrogen-bond donors (Lipinski definition) is 1. The van der Waals surface area contributed by atoms with Crippen LogP contribution in [0.5, 0.6) is 0 Å². The van der Waals surface area contributed by atoms with E-state index in [1.165, 1.54) is 0 Å². The van der Waals surface area contributed by atoms with Gasteiger partial charge in [0.05, 0.1) is 10.7 Å². The molecule has 2 nitrogen and oxygen atoms in total. The molecule has 0 spiro atoms. The van der Waals surface area contributed by atoms with Crippen LogP contribution in [-0.2, 0) is 0 Å². The van der Waals surface area contributed by atoms with E-state index in [9.17, 15) is 0 Å². The van der Waals surface area contributed by atoms with E-state index in [-0.39, 0.29) is 5.54 Å². The lowest BCUT2D eigenvalue weighted by molar-refractivity contribution is 0.513. The van der Waals surface area contributed by atoms with Gasteiger partial charge in [0.2, 0.25) is 0 Å². The average molecular weight is 227 g/mol. The molecule has 0 saturated carbocycles. The van der Waals surface area contributed by atoms with Crippen LogP contribution in [0.2, 0.25) is 5.02 Å². The minimum Gasteiger partial charge on any atom is -0.399 e. The minimum absolute atomic E-state index is 0.0640. The fourth-order valence-corrected chi connectivity index (χ4v) is 2.04. The summed E-state index contributed by atoms with van der Waals surface area (Å²) in [5.74, 6) is 0. The lowest BCUT2D eigenvalue weighted by atomic mass is 10.0. The van der Waals surface area contributed by atoms with Crippen LogP contribution in [0.15, 0.2) is 18.2 Å². The zero-order valence-electron chi connectivity index (χ0n) is 9.84. The maximum atomic E-state index is 6.19. The van der Waals surface area contributed by atoms with Gasteiger partial charge < -0.3 is 10.6 Å². The summed E-state index contributed by atoms with van der Waals surface area (Å²) < 4.78 is 0. The Kier molecular flexibility index (Phi) is 3.50. The van der Waals surface area contributed by atoms with E-state index < -0.39 is 0 Å². The highest BCUT2D eigenvalue weighted by Crippen LogP contribution is 2.32. The highest BCUT2D eigenvalue weighted by molar-refractivity contribution is 6.33. The van der Waals surface area contributed by atoms with Crippen LogP contribution in [-0.4, -0.2) is 12.1 Å². The van der Waals surface area contributed by atoms with Crippen LogP contribution in [0.4, 0.5) is 11.4 Å². The third kappa shape index (κ3) is 2.78. The number of nitrogens with zero attached hydrogens (tertiary/aromatic N) is 1. The molecule has 0 aliphatic heterocycles. The van der Waals surface area contributed by atoms with Crippen LogP contribution in [0, 0.1) is 0 Å². The quantitative estimate of drug-likeness (QED) is 0.782. The van der Waals surface area contributed by atoms with Crippen molar-refractivity contribution in [2.45, 2.75) is 33.2 Å². The molecule has 0 unspecified atom stereocenters. The van der Waals surface area contributed by atoms with Gasteiger partial charge in [0.1, 0.15) is 0 Å². The molecule has 0 amide bonds. The predicted octanol–water partition coefficient (Wildman–Crippen LogP) is 3.55. The number of rotatable bonds is 2. The minimum atomic E-state index is 0.0640. The van der Waals surface area contributed by atoms with Crippen molar-refractivity contribution in [1.82, 2.24) is 0 Å². The van der Waals surface area contributed by atoms with Gasteiger partial charge in [-0.1, -0.05) is 11.6 Å². The summed E-state index contributed by atoms with van der Waals surface area (Å²) in [6, 6.07) is 5.66. The van der Waals surface area contributed by atoms with Crippen LogP contribution in [0.25, 0.3) is 0 Å². The van der Waals surface area contributed by atoms with Crippen LogP contribution < -0.4 is 10.6 Å². The second-order valence-corrected chi connectivity index (χ2v) is 5.03. The number of nitrogen functional groups attached to an aromatic ring is 1. The normalized spacial score (nSPS) is 11.5. The molecule has 0 aliphatic carbocycles. The largest absolute Gasteiger partial charge is 0.399 e. The first-order valence-electron chi connectivity index (χ1n) is 5.19. The molecule has 0 atom stereocenters. The molecule has 2 N–H and O–H groups in total. The summed E-state index contributed by atoms with van der Waals surface area (Å²) in [4.78, 5) is 2.26. The Morgan fingerprint density at radius 1 is 1.33 bits per heavy atom. The maximum Gasteiger partial charge on any atom is 0.0660 e. The zero-order chi connectivity index (χ0) is 11.6. The topological polar surface area (TPSA) is 29.3 Å². The summed E-state index contributed by atoms with van der Waals surface area (Å²) in [5.41, 5.74) is 7.48. The highest BCUT2D eigenvalue weighted by Gasteiger charge is 2.21. The molecule has 0 bridgehead atoms. The summed E-state index contributed by atoms with van der Waals surface area (Å²) in [6.45, 7) is 9.56. The van der Waals surface area contributed by atoms with Gasteiger partial charge in [0, 0.05) is 17.8 Å². The van der Waals surface area contributed by atoms with E-state index in [0.29, 0.717) is 10.7 Å². The second kappa shape index (κ2) is 4.31. The predicted molar refractivity (Wildman–Crippen MR) is 68.6 cm³/mol. The molecule has 1 aromatic rings. The number of halogens is 1. The van der Waals surface area contributed by atoms with Crippen molar-refractivity contribution < 1.29 is 0 Å². The molecular formula is C12H19ClN2. The van der Waals surface area contributed by atoms with E-state index in [1.807, 2.05) is 12.1 Å². The average Bonchev–Trinajstić information content (AvgIpc) is 2.07. The number of nitrogens with two attached hydrogens (primary N) is 1. The molecule has 84 valence electrons. The van der Waals surface area contributed by atoms with Gasteiger partial charge in [-0.05, 0) is 45.9 Å². The zero-order valence-corrected chi connectivity index (χ0v) is 10.6. The van der Waals surface area contributed by atoms with E-state index in [0.717, 1.165) is 12.2 Å². The smallest absolute Gasteiger partial charge is 0.0660 e. The third-order valence-electron chi connectivity index (χ3n) is 2.39. The first-order chi connectivity index (χ1) is 6.86. The Hall–Kier alpha value is -0.890. The van der Waals surface area contributed by atoms with Crippen LogP contribution in [0.3, 0.4) is 0 Å². The van der Waals surface area contributed by atoms with Gasteiger partial charge in [-0.2, -0.15) is 0 Å². The Morgan fingerprint density at radius 3 is 2.33 bits per heavy atom. The first kappa shape index (κ1) is 12.2. The van der Waals surface area contributed by atoms with E-state index >= 15 is 0 Å². The van der Waals surface area contributed by atoms with Gasteiger partial charge in [-0.3, -0.25) is 0 Å². The van der Waals surface area contributed by atoms with Crippen LogP contribution >= 0.6 is 11.6 Å². The van der Waals surface area contributed by atoms with Crippen molar-refractivity contribution in [2.24, 2.45) is 0 Å². The van der Waals surface area contributed by atoms with E-state index in [4.69, 9.17) is 17.3 Å². The number of anilines is 2. The summed E-state index contributed by atoms with van der Waals surface area (Å²) in [6.07, 6.45) is 0. The van der Waals surface area contributed by atoms with Gasteiger partial charge in [-0.25, -0.2) is 0 Å². The lowest BCUT2D eigenvalue weighted by Gasteiger charge is -2.37. The fourth-order valence-electron chi connectivity index (χ4n) is 1.75. The second-order valence-electron chi connectivity index (χ2n) is 4.63. The number of benzene rings is 1. The maximum absolute atomic E-state index is 6.19. The summed E-state index contributed by atoms with van der Waals surface area (Å²) >= 11 is 6.19. The molecule has 3 heteroatoms. The SMILES string of the molecule is CCN(c1ccc(N)cc1Cl)C(C)(C)C. The standard InChI is InChI=1S/C12H19ClN2/c1-5-15(12(2,3)4)11-7-6-9(14)8-10(11)13/h6-8H,5,14H2,1-4H3. The molecule has 0 radical (unpaired) electrons. The Labute approximate surface area is 97.0 Å². The lowest BCUT2D eigenvalue weighted by Crippen LogP contribution is -2.41. The summed E-state index contributed by atoms with van der Waals surface area (Å²) in [5, 5.41) is 0.715. The first-order valence-corrected chi connectivity index (χ1v) is 5.56. The Morgan fingerprint density at radius 2 is 1.93 bits per heavy atom. The molecule has 1 aromatic carbocycles. The van der Waals surface area contributed by atoms with Crippen molar-refractivity contribution >= 4 is 23.0 Å². The van der Waals surface area contributed by atoms with Crippen molar-refractivity contribution in [3.63, 3.8) is 0 Å². The third-order valence-corrected chi connectivity index (χ3v) is 2.69. The molecule has 0 aliphatic rings. The molecule has 0 aromatic heterocycles. The van der Waals surface area contributed by atoms with Crippen molar-refractivity contribution in [1.29, 1.82) is 0 Å². The monoisotopic (exact) mass is 226 g/mol. The summed E-state index contributed by atoms with van der Waals surface area (Å²) in [7, 11) is 0. The highest BCUT2D eigenvalue weighted by atomic mass is 35.5. The van der Waals surface area contributed by atoms with Crippen molar-refractivity contribution in [3.8, 4) is 0 Å². The van der Waals surface area contributed by atoms with Crippen molar-refractivity contribution in [2.75, 3.05) is 17.2 Å². The molecule has 0 heterocycles. The number of hydrogen-bond acceptors (Lipinski definition) is 2. The molecule has 0 saturated heterocycles. The molecule has 15 heavy (non-hydrogen) atoms. The van der Waals surface area contributed by atoms with Gasteiger partial charge >= 0.3 is 0 Å². The Balaban J connectivity index is 3.13. The van der Waals surface area contributed by atoms with E-state index in [1.54, 1.807) is 6.07 Å². The molecule has 0 fully saturated rings. The van der Waals surface area contributed by atoms with Crippen LogP contribution in [0.1, 0.15) is 27.7 Å². The van der Waals surface area contributed by atoms with E-state index in [2.05, 4.69) is 32.6 Å². The van der Waals surface area contributed by atoms with Gasteiger partial charge in [-0.15, -0.1) is 0 Å². The van der Waals surface area contributed by atoms with Gasteiger partial charge in [0.15, 0.2) is 0 Å². The fraction of sp³-hybridized carbons (Fsp3) is 0.500. The molecule has 1 rings (SSSR count).